The van der Waals surface area contributed by atoms with Crippen LogP contribution in [0.15, 0.2) is 38.6 Å². The van der Waals surface area contributed by atoms with Crippen molar-refractivity contribution in [2.45, 2.75) is 25.3 Å². The van der Waals surface area contributed by atoms with Gasteiger partial charge >= 0.3 is 11.9 Å². The maximum absolute atomic E-state index is 13.2. The van der Waals surface area contributed by atoms with Gasteiger partial charge in [0.25, 0.3) is 11.8 Å². The quantitative estimate of drug-likeness (QED) is 0.0248. The van der Waals surface area contributed by atoms with Gasteiger partial charge in [0.05, 0.1) is 25.3 Å². The zero-order valence-corrected chi connectivity index (χ0v) is 25.1. The normalized spacial score (nSPS) is 18.3. The number of ether oxygens (including phenoxy) is 4. The standard InChI is InChI=1S/C24H30N8O9S2/c1-4-13(22(35)41-12-39-7-6-38-5-2)9-40-23(36)18-14(8-27-31-26)10-42-21-17(20(34)32(18)21)29-19(33)16(30-37-3)15-11-43-24(25)28-15/h4,11,17,21H,5-10,12H2,1-3H3,(H2,25,28)(H,29,33)/b13-4+,30-16-/t17-,21-/m1/s1. The lowest BCUT2D eigenvalue weighted by molar-refractivity contribution is -0.155. The highest BCUT2D eigenvalue weighted by Gasteiger charge is 2.54. The Balaban J connectivity index is 1.68. The topological polar surface area (TPSA) is 230 Å². The summed E-state index contributed by atoms with van der Waals surface area (Å²) in [5, 5.41) is 10.9. The SMILES string of the molecule is C/C=C(\COC(=O)C1=C(CN=[N+]=[N-])CS[C@@H]2[C@H](NC(=O)/C(=N\OC)c3csc(N)n3)C(=O)N12)C(=O)OCOCCOCC. The van der Waals surface area contributed by atoms with E-state index in [9.17, 15) is 19.2 Å². The molecule has 2 atom stereocenters. The molecule has 2 aliphatic heterocycles. The number of nitrogens with two attached hydrogens (primary N) is 1. The van der Waals surface area contributed by atoms with Crippen LogP contribution < -0.4 is 11.1 Å². The number of anilines is 1. The number of nitrogen functional groups attached to an aromatic ring is 1. The molecule has 0 saturated carbocycles. The lowest BCUT2D eigenvalue weighted by Gasteiger charge is -2.49. The second-order valence-corrected chi connectivity index (χ2v) is 10.4. The predicted molar refractivity (Wildman–Crippen MR) is 154 cm³/mol. The largest absolute Gasteiger partial charge is 0.456 e. The van der Waals surface area contributed by atoms with E-state index in [1.165, 1.54) is 30.3 Å². The van der Waals surface area contributed by atoms with E-state index in [0.29, 0.717) is 18.8 Å². The van der Waals surface area contributed by atoms with E-state index in [1.54, 1.807) is 6.92 Å². The summed E-state index contributed by atoms with van der Waals surface area (Å²) in [6.07, 6.45) is 1.42. The summed E-state index contributed by atoms with van der Waals surface area (Å²) in [7, 11) is 1.25. The third-order valence-electron chi connectivity index (χ3n) is 5.83. The number of carbonyl (C=O) groups is 4. The van der Waals surface area contributed by atoms with Crippen molar-refractivity contribution in [3.05, 3.63) is 44.4 Å². The summed E-state index contributed by atoms with van der Waals surface area (Å²) in [4.78, 5) is 64.6. The van der Waals surface area contributed by atoms with Gasteiger partial charge in [0.15, 0.2) is 17.6 Å². The zero-order valence-electron chi connectivity index (χ0n) is 23.5. The van der Waals surface area contributed by atoms with Crippen LogP contribution in [0.3, 0.4) is 0 Å². The molecule has 1 aromatic heterocycles. The third kappa shape index (κ3) is 8.45. The molecule has 0 radical (unpaired) electrons. The van der Waals surface area contributed by atoms with Gasteiger partial charge < -0.3 is 34.8 Å². The number of rotatable bonds is 16. The van der Waals surface area contributed by atoms with Crippen LogP contribution >= 0.6 is 23.1 Å². The molecule has 0 bridgehead atoms. The Labute approximate surface area is 254 Å². The molecule has 3 heterocycles. The number of thiazole rings is 1. The van der Waals surface area contributed by atoms with Crippen LogP contribution in [0.25, 0.3) is 10.4 Å². The predicted octanol–water partition coefficient (Wildman–Crippen LogP) is 1.08. The molecule has 0 aromatic carbocycles. The van der Waals surface area contributed by atoms with Gasteiger partial charge in [0, 0.05) is 22.7 Å². The van der Waals surface area contributed by atoms with Crippen molar-refractivity contribution in [1.82, 2.24) is 15.2 Å². The number of hydrogen-bond acceptors (Lipinski definition) is 15. The molecule has 3 rings (SSSR count). The molecule has 2 aliphatic rings. The number of oxime groups is 1. The maximum Gasteiger partial charge on any atom is 0.355 e. The maximum atomic E-state index is 13.2. The lowest BCUT2D eigenvalue weighted by atomic mass is 10.0. The number of β-lactam (4-membered cyclic amide) rings is 1. The van der Waals surface area contributed by atoms with Crippen LogP contribution in [0.1, 0.15) is 19.5 Å². The van der Waals surface area contributed by atoms with Gasteiger partial charge in [0.1, 0.15) is 36.5 Å². The molecule has 1 aromatic rings. The van der Waals surface area contributed by atoms with Gasteiger partial charge in [-0.05, 0) is 25.0 Å². The number of nitrogens with zero attached hydrogens (tertiary/aromatic N) is 6. The molecule has 1 saturated heterocycles. The molecule has 43 heavy (non-hydrogen) atoms. The number of hydrogen-bond donors (Lipinski definition) is 2. The summed E-state index contributed by atoms with van der Waals surface area (Å²) in [5.41, 5.74) is 14.7. The van der Waals surface area contributed by atoms with E-state index in [-0.39, 0.29) is 53.5 Å². The van der Waals surface area contributed by atoms with Crippen molar-refractivity contribution in [2.24, 2.45) is 10.3 Å². The van der Waals surface area contributed by atoms with Crippen LogP contribution in [0, 0.1) is 0 Å². The van der Waals surface area contributed by atoms with Gasteiger partial charge in [-0.2, -0.15) is 0 Å². The Hall–Kier alpha value is -4.16. The average molecular weight is 639 g/mol. The second kappa shape index (κ2) is 16.5. The van der Waals surface area contributed by atoms with E-state index in [1.807, 2.05) is 6.92 Å². The molecular formula is C24H30N8O9S2. The van der Waals surface area contributed by atoms with Crippen molar-refractivity contribution in [3.8, 4) is 0 Å². The van der Waals surface area contributed by atoms with Crippen molar-refractivity contribution < 1.29 is 43.0 Å². The van der Waals surface area contributed by atoms with Crippen LogP contribution in [0.2, 0.25) is 0 Å². The van der Waals surface area contributed by atoms with E-state index < -0.39 is 41.8 Å². The van der Waals surface area contributed by atoms with E-state index in [0.717, 1.165) is 16.2 Å². The minimum atomic E-state index is -1.02. The van der Waals surface area contributed by atoms with Gasteiger partial charge in [-0.1, -0.05) is 16.3 Å². The number of esters is 2. The van der Waals surface area contributed by atoms with E-state index in [2.05, 4.69) is 25.5 Å². The smallest absolute Gasteiger partial charge is 0.355 e. The highest BCUT2D eigenvalue weighted by Crippen LogP contribution is 2.41. The molecule has 0 unspecified atom stereocenters. The molecule has 19 heteroatoms. The Morgan fingerprint density at radius 3 is 2.72 bits per heavy atom. The third-order valence-corrected chi connectivity index (χ3v) is 7.85. The first kappa shape index (κ1) is 33.3. The first-order valence-corrected chi connectivity index (χ1v) is 14.7. The summed E-state index contributed by atoms with van der Waals surface area (Å²) in [6.45, 7) is 3.53. The monoisotopic (exact) mass is 638 g/mol. The molecule has 0 spiro atoms. The minimum Gasteiger partial charge on any atom is -0.456 e. The van der Waals surface area contributed by atoms with Crippen LogP contribution in [-0.2, 0) is 43.0 Å². The summed E-state index contributed by atoms with van der Waals surface area (Å²) >= 11 is 2.35. The first-order valence-electron chi connectivity index (χ1n) is 12.7. The summed E-state index contributed by atoms with van der Waals surface area (Å²) in [5.74, 6) is -2.84. The minimum absolute atomic E-state index is 0.0356. The number of azide groups is 1. The van der Waals surface area contributed by atoms with Gasteiger partial charge in [-0.15, -0.1) is 23.1 Å². The highest BCUT2D eigenvalue weighted by molar-refractivity contribution is 8.00. The second-order valence-electron chi connectivity index (χ2n) is 8.44. The number of nitrogens with one attached hydrogen (secondary N) is 1. The van der Waals surface area contributed by atoms with E-state index in [4.69, 9.17) is 35.0 Å². The molecule has 17 nitrogen and oxygen atoms in total. The van der Waals surface area contributed by atoms with Crippen molar-refractivity contribution in [1.29, 1.82) is 0 Å². The number of carbonyl (C=O) groups excluding carboxylic acids is 4. The van der Waals surface area contributed by atoms with Gasteiger partial charge in [-0.3, -0.25) is 14.5 Å². The molecule has 0 aliphatic carbocycles. The number of amides is 2. The van der Waals surface area contributed by atoms with Crippen molar-refractivity contribution in [2.75, 3.05) is 58.4 Å². The van der Waals surface area contributed by atoms with Crippen LogP contribution in [0.5, 0.6) is 0 Å². The molecular weight excluding hydrogens is 608 g/mol. The van der Waals surface area contributed by atoms with Gasteiger partial charge in [0.2, 0.25) is 0 Å². The molecule has 2 amide bonds. The first-order chi connectivity index (χ1) is 20.8. The highest BCUT2D eigenvalue weighted by atomic mass is 32.2. The molecule has 3 N–H and O–H groups in total. The fraction of sp³-hybridized carbons (Fsp3) is 0.500. The lowest BCUT2D eigenvalue weighted by Crippen LogP contribution is -2.71. The zero-order chi connectivity index (χ0) is 31.4. The number of fused-ring (bicyclic) bond motifs is 1. The van der Waals surface area contributed by atoms with Crippen LogP contribution in [0.4, 0.5) is 5.13 Å². The van der Waals surface area contributed by atoms with Gasteiger partial charge in [-0.25, -0.2) is 14.6 Å². The molecule has 1 fully saturated rings. The van der Waals surface area contributed by atoms with Crippen LogP contribution in [-0.4, -0.2) is 103 Å². The fourth-order valence-electron chi connectivity index (χ4n) is 3.79. The number of allylic oxidation sites excluding steroid dienone is 1. The van der Waals surface area contributed by atoms with E-state index >= 15 is 0 Å². The number of thioether (sulfide) groups is 1. The fourth-order valence-corrected chi connectivity index (χ4v) is 5.68. The van der Waals surface area contributed by atoms with Crippen molar-refractivity contribution >= 4 is 57.7 Å². The van der Waals surface area contributed by atoms with Crippen molar-refractivity contribution in [3.63, 3.8) is 0 Å². The Morgan fingerprint density at radius 1 is 1.30 bits per heavy atom. The molecule has 232 valence electrons. The Bertz CT molecular complexity index is 1360. The Morgan fingerprint density at radius 2 is 2.07 bits per heavy atom. The number of aromatic nitrogens is 1. The summed E-state index contributed by atoms with van der Waals surface area (Å²) in [6, 6.07) is -1.02. The average Bonchev–Trinajstić information content (AvgIpc) is 3.44. The Kier molecular flexibility index (Phi) is 12.8. The summed E-state index contributed by atoms with van der Waals surface area (Å²) < 4.78 is 20.7.